The van der Waals surface area contributed by atoms with Crippen LogP contribution in [0, 0.1) is 0 Å². The highest BCUT2D eigenvalue weighted by Gasteiger charge is 2.26. The van der Waals surface area contributed by atoms with Crippen LogP contribution in [0.2, 0.25) is 0 Å². The first-order valence-electron chi connectivity index (χ1n) is 6.27. The molecule has 18 heavy (non-hydrogen) atoms. The summed E-state index contributed by atoms with van der Waals surface area (Å²) in [5.41, 5.74) is 2.36. The minimum Gasteiger partial charge on any atom is -0.479 e. The van der Waals surface area contributed by atoms with Crippen molar-refractivity contribution in [1.82, 2.24) is 0 Å². The van der Waals surface area contributed by atoms with Gasteiger partial charge in [-0.2, -0.15) is 0 Å². The van der Waals surface area contributed by atoms with Crippen LogP contribution < -0.4 is 4.90 Å². The van der Waals surface area contributed by atoms with Gasteiger partial charge in [-0.25, -0.2) is 4.79 Å². The number of carboxylic acid groups (broad SMARTS) is 1. The van der Waals surface area contributed by atoms with E-state index in [0.717, 1.165) is 12.2 Å². The summed E-state index contributed by atoms with van der Waals surface area (Å²) >= 11 is 0. The molecular weight excluding hydrogens is 230 g/mol. The highest BCUT2D eigenvalue weighted by molar-refractivity contribution is 5.73. The number of hydrogen-bond acceptors (Lipinski definition) is 3. The number of aliphatic carboxylic acids is 1. The van der Waals surface area contributed by atoms with E-state index in [1.165, 1.54) is 5.56 Å². The van der Waals surface area contributed by atoms with E-state index >= 15 is 0 Å². The fourth-order valence-corrected chi connectivity index (χ4v) is 2.10. The third-order valence-electron chi connectivity index (χ3n) is 3.27. The number of hydrogen-bond donors (Lipinski definition) is 1. The van der Waals surface area contributed by atoms with Crippen molar-refractivity contribution in [2.24, 2.45) is 0 Å². The van der Waals surface area contributed by atoms with Crippen LogP contribution in [-0.4, -0.2) is 36.9 Å². The number of benzene rings is 1. The van der Waals surface area contributed by atoms with E-state index in [1.54, 1.807) is 0 Å². The topological polar surface area (TPSA) is 49.8 Å². The standard InChI is InChI=1S/C14H19NO3/c1-10(2)11-3-5-12(6-4-11)15-7-8-18-13(9-15)14(16)17/h3-6,10,13H,7-9H2,1-2H3,(H,16,17). The summed E-state index contributed by atoms with van der Waals surface area (Å²) in [5, 5.41) is 8.97. The molecule has 1 heterocycles. The molecular formula is C14H19NO3. The van der Waals surface area contributed by atoms with Crippen LogP contribution in [-0.2, 0) is 9.53 Å². The van der Waals surface area contributed by atoms with Gasteiger partial charge in [0.1, 0.15) is 0 Å². The molecule has 0 spiro atoms. The molecule has 1 aromatic carbocycles. The third kappa shape index (κ3) is 2.82. The Hall–Kier alpha value is -1.55. The monoisotopic (exact) mass is 249 g/mol. The highest BCUT2D eigenvalue weighted by Crippen LogP contribution is 2.21. The Balaban J connectivity index is 2.09. The van der Waals surface area contributed by atoms with Gasteiger partial charge in [-0.15, -0.1) is 0 Å². The molecule has 1 aromatic rings. The van der Waals surface area contributed by atoms with Gasteiger partial charge in [0.25, 0.3) is 0 Å². The van der Waals surface area contributed by atoms with Crippen molar-refractivity contribution in [2.75, 3.05) is 24.6 Å². The van der Waals surface area contributed by atoms with E-state index in [-0.39, 0.29) is 0 Å². The maximum Gasteiger partial charge on any atom is 0.334 e. The van der Waals surface area contributed by atoms with Crippen LogP contribution in [0.4, 0.5) is 5.69 Å². The molecule has 98 valence electrons. The van der Waals surface area contributed by atoms with Crippen LogP contribution in [0.15, 0.2) is 24.3 Å². The smallest absolute Gasteiger partial charge is 0.334 e. The average Bonchev–Trinajstić information content (AvgIpc) is 2.39. The quantitative estimate of drug-likeness (QED) is 0.891. The second-order valence-corrected chi connectivity index (χ2v) is 4.89. The fourth-order valence-electron chi connectivity index (χ4n) is 2.10. The molecule has 0 saturated carbocycles. The third-order valence-corrected chi connectivity index (χ3v) is 3.27. The van der Waals surface area contributed by atoms with Crippen molar-refractivity contribution < 1.29 is 14.6 Å². The Morgan fingerprint density at radius 1 is 1.39 bits per heavy atom. The largest absolute Gasteiger partial charge is 0.479 e. The number of rotatable bonds is 3. The molecule has 2 rings (SSSR count). The summed E-state index contributed by atoms with van der Waals surface area (Å²) < 4.78 is 5.21. The Morgan fingerprint density at radius 3 is 2.61 bits per heavy atom. The highest BCUT2D eigenvalue weighted by atomic mass is 16.5. The lowest BCUT2D eigenvalue weighted by Gasteiger charge is -2.32. The van der Waals surface area contributed by atoms with E-state index in [1.807, 2.05) is 0 Å². The Morgan fingerprint density at radius 2 is 2.06 bits per heavy atom. The van der Waals surface area contributed by atoms with Crippen LogP contribution in [0.25, 0.3) is 0 Å². The number of anilines is 1. The van der Waals surface area contributed by atoms with Crippen molar-refractivity contribution in [3.8, 4) is 0 Å². The van der Waals surface area contributed by atoms with E-state index < -0.39 is 12.1 Å². The van der Waals surface area contributed by atoms with Crippen LogP contribution in [0.1, 0.15) is 25.3 Å². The maximum absolute atomic E-state index is 10.9. The molecule has 0 aliphatic carbocycles. The van der Waals surface area contributed by atoms with Gasteiger partial charge >= 0.3 is 5.97 Å². The number of morpholine rings is 1. The first-order chi connectivity index (χ1) is 8.58. The Kier molecular flexibility index (Phi) is 3.87. The molecule has 4 nitrogen and oxygen atoms in total. The van der Waals surface area contributed by atoms with Crippen molar-refractivity contribution in [3.05, 3.63) is 29.8 Å². The molecule has 1 aliphatic heterocycles. The number of nitrogens with zero attached hydrogens (tertiary/aromatic N) is 1. The van der Waals surface area contributed by atoms with Crippen molar-refractivity contribution in [1.29, 1.82) is 0 Å². The van der Waals surface area contributed by atoms with Gasteiger partial charge in [-0.1, -0.05) is 26.0 Å². The zero-order chi connectivity index (χ0) is 13.1. The van der Waals surface area contributed by atoms with Gasteiger partial charge in [-0.05, 0) is 23.6 Å². The summed E-state index contributed by atoms with van der Waals surface area (Å²) in [5.74, 6) is -0.381. The minimum absolute atomic E-state index is 0.413. The lowest BCUT2D eigenvalue weighted by atomic mass is 10.0. The predicted molar refractivity (Wildman–Crippen MR) is 70.1 cm³/mol. The molecule has 0 radical (unpaired) electrons. The molecule has 0 bridgehead atoms. The van der Waals surface area contributed by atoms with Crippen LogP contribution in [0.3, 0.4) is 0 Å². The van der Waals surface area contributed by atoms with E-state index in [0.29, 0.717) is 19.1 Å². The van der Waals surface area contributed by atoms with Crippen LogP contribution in [0.5, 0.6) is 0 Å². The van der Waals surface area contributed by atoms with E-state index in [4.69, 9.17) is 9.84 Å². The summed E-state index contributed by atoms with van der Waals surface area (Å²) in [6.45, 7) is 5.93. The van der Waals surface area contributed by atoms with Crippen molar-refractivity contribution in [3.63, 3.8) is 0 Å². The summed E-state index contributed by atoms with van der Waals surface area (Å²) in [7, 11) is 0. The zero-order valence-electron chi connectivity index (χ0n) is 10.8. The lowest BCUT2D eigenvalue weighted by molar-refractivity contribution is -0.150. The molecule has 1 saturated heterocycles. The predicted octanol–water partition coefficient (Wildman–Crippen LogP) is 2.10. The summed E-state index contributed by atoms with van der Waals surface area (Å²) in [6.07, 6.45) is -0.719. The molecule has 1 aliphatic rings. The van der Waals surface area contributed by atoms with Gasteiger partial charge < -0.3 is 14.7 Å². The van der Waals surface area contributed by atoms with Crippen molar-refractivity contribution >= 4 is 11.7 Å². The normalized spacial score (nSPS) is 20.2. The number of carboxylic acids is 1. The molecule has 0 amide bonds. The molecule has 1 N–H and O–H groups in total. The number of ether oxygens (including phenoxy) is 1. The number of carbonyl (C=O) groups is 1. The maximum atomic E-state index is 10.9. The van der Waals surface area contributed by atoms with Gasteiger partial charge in [0.15, 0.2) is 6.10 Å². The minimum atomic E-state index is -0.890. The van der Waals surface area contributed by atoms with Gasteiger partial charge in [0, 0.05) is 12.2 Å². The Labute approximate surface area is 107 Å². The van der Waals surface area contributed by atoms with Gasteiger partial charge in [0.2, 0.25) is 0 Å². The second-order valence-electron chi connectivity index (χ2n) is 4.89. The lowest BCUT2D eigenvalue weighted by Crippen LogP contribution is -2.46. The molecule has 1 unspecified atom stereocenters. The Bertz CT molecular complexity index is 414. The SMILES string of the molecule is CC(C)c1ccc(N2CCOC(C(=O)O)C2)cc1. The average molecular weight is 249 g/mol. The van der Waals surface area contributed by atoms with Gasteiger partial charge in [-0.3, -0.25) is 0 Å². The summed E-state index contributed by atoms with van der Waals surface area (Å²) in [4.78, 5) is 13.0. The van der Waals surface area contributed by atoms with E-state index in [9.17, 15) is 4.79 Å². The summed E-state index contributed by atoms with van der Waals surface area (Å²) in [6, 6.07) is 8.32. The van der Waals surface area contributed by atoms with E-state index in [2.05, 4.69) is 43.0 Å². The first-order valence-corrected chi connectivity index (χ1v) is 6.27. The fraction of sp³-hybridized carbons (Fsp3) is 0.500. The first kappa shape index (κ1) is 12.9. The molecule has 4 heteroatoms. The van der Waals surface area contributed by atoms with Crippen LogP contribution >= 0.6 is 0 Å². The molecule has 1 atom stereocenters. The molecule has 1 fully saturated rings. The zero-order valence-corrected chi connectivity index (χ0v) is 10.8. The molecule has 0 aromatic heterocycles. The van der Waals surface area contributed by atoms with Crippen molar-refractivity contribution in [2.45, 2.75) is 25.9 Å². The second kappa shape index (κ2) is 5.40. The van der Waals surface area contributed by atoms with Gasteiger partial charge in [0.05, 0.1) is 13.2 Å².